The molecule has 18 heavy (non-hydrogen) atoms. The molecule has 0 radical (unpaired) electrons. The fraction of sp³-hybridized carbons (Fsp3) is 0.533. The number of amides is 1. The topological polar surface area (TPSA) is 40.5 Å². The number of nitrogens with zero attached hydrogens (tertiary/aromatic N) is 1. The molecule has 1 aliphatic heterocycles. The lowest BCUT2D eigenvalue weighted by Crippen LogP contribution is -2.38. The lowest BCUT2D eigenvalue weighted by atomic mass is 10.00. The second kappa shape index (κ2) is 4.73. The third kappa shape index (κ3) is 2.03. The van der Waals surface area contributed by atoms with Crippen LogP contribution in [-0.4, -0.2) is 28.7 Å². The van der Waals surface area contributed by atoms with Crippen LogP contribution in [0.15, 0.2) is 30.3 Å². The third-order valence-electron chi connectivity index (χ3n) is 4.37. The second-order valence-corrected chi connectivity index (χ2v) is 5.48. The van der Waals surface area contributed by atoms with Crippen molar-refractivity contribution in [2.75, 3.05) is 6.54 Å². The Balaban J connectivity index is 1.67. The zero-order valence-electron chi connectivity index (χ0n) is 10.5. The molecule has 3 atom stereocenters. The molecule has 3 nitrogen and oxygen atoms in total. The van der Waals surface area contributed by atoms with Gasteiger partial charge in [-0.3, -0.25) is 4.79 Å². The summed E-state index contributed by atoms with van der Waals surface area (Å²) in [5.41, 5.74) is 1.02. The molecule has 0 bridgehead atoms. The average molecular weight is 245 g/mol. The van der Waals surface area contributed by atoms with Gasteiger partial charge >= 0.3 is 0 Å². The summed E-state index contributed by atoms with van der Waals surface area (Å²) in [5.74, 6) is 0.910. The molecule has 0 spiro atoms. The average Bonchev–Trinajstić information content (AvgIpc) is 2.94. The van der Waals surface area contributed by atoms with Crippen molar-refractivity contribution in [3.05, 3.63) is 35.9 Å². The summed E-state index contributed by atoms with van der Waals surface area (Å²) in [5, 5.41) is 10.2. The van der Waals surface area contributed by atoms with Crippen LogP contribution in [0.2, 0.25) is 0 Å². The number of rotatable bonds is 2. The van der Waals surface area contributed by atoms with Crippen molar-refractivity contribution in [1.82, 2.24) is 4.90 Å². The quantitative estimate of drug-likeness (QED) is 0.863. The lowest BCUT2D eigenvalue weighted by molar-refractivity contribution is -0.138. The standard InChI is InChI=1S/C15H19NO2/c17-14(9-11-5-2-1-3-6-11)16-10-12-7-4-8-13(12)15(16)18/h1-3,5-6,12-13,15,18H,4,7-10H2/t12-,13-,15+/m1/s1. The van der Waals surface area contributed by atoms with Crippen LogP contribution < -0.4 is 0 Å². The van der Waals surface area contributed by atoms with Crippen LogP contribution in [0.5, 0.6) is 0 Å². The van der Waals surface area contributed by atoms with E-state index in [2.05, 4.69) is 0 Å². The summed E-state index contributed by atoms with van der Waals surface area (Å²) in [4.78, 5) is 13.9. The smallest absolute Gasteiger partial charge is 0.229 e. The van der Waals surface area contributed by atoms with Crippen LogP contribution in [0.25, 0.3) is 0 Å². The Labute approximate surface area is 107 Å². The van der Waals surface area contributed by atoms with Crippen molar-refractivity contribution in [2.45, 2.75) is 31.9 Å². The van der Waals surface area contributed by atoms with Gasteiger partial charge in [0.15, 0.2) is 0 Å². The maximum absolute atomic E-state index is 12.2. The van der Waals surface area contributed by atoms with E-state index >= 15 is 0 Å². The number of carbonyl (C=O) groups is 1. The van der Waals surface area contributed by atoms with E-state index in [1.807, 2.05) is 30.3 Å². The fourth-order valence-electron chi connectivity index (χ4n) is 3.40. The number of benzene rings is 1. The normalized spacial score (nSPS) is 30.5. The van der Waals surface area contributed by atoms with E-state index < -0.39 is 6.23 Å². The highest BCUT2D eigenvalue weighted by Crippen LogP contribution is 2.41. The summed E-state index contributed by atoms with van der Waals surface area (Å²) in [7, 11) is 0. The van der Waals surface area contributed by atoms with Crippen LogP contribution in [0.4, 0.5) is 0 Å². The molecule has 3 heteroatoms. The Morgan fingerprint density at radius 2 is 2.06 bits per heavy atom. The first-order valence-corrected chi connectivity index (χ1v) is 6.77. The van der Waals surface area contributed by atoms with Crippen molar-refractivity contribution < 1.29 is 9.90 Å². The molecule has 3 rings (SSSR count). The van der Waals surface area contributed by atoms with E-state index in [1.165, 1.54) is 6.42 Å². The third-order valence-corrected chi connectivity index (χ3v) is 4.37. The first kappa shape index (κ1) is 11.7. The number of aliphatic hydroxyl groups excluding tert-OH is 1. The molecule has 1 saturated carbocycles. The van der Waals surface area contributed by atoms with Crippen LogP contribution in [0.3, 0.4) is 0 Å². The molecule has 2 aliphatic rings. The Bertz CT molecular complexity index is 431. The zero-order chi connectivity index (χ0) is 12.5. The van der Waals surface area contributed by atoms with Crippen molar-refractivity contribution in [2.24, 2.45) is 11.8 Å². The van der Waals surface area contributed by atoms with Gasteiger partial charge in [0.1, 0.15) is 6.23 Å². The molecule has 0 aromatic heterocycles. The van der Waals surface area contributed by atoms with E-state index in [9.17, 15) is 9.90 Å². The summed E-state index contributed by atoms with van der Waals surface area (Å²) < 4.78 is 0. The lowest BCUT2D eigenvalue weighted by Gasteiger charge is -2.23. The number of carbonyl (C=O) groups excluding carboxylic acids is 1. The van der Waals surface area contributed by atoms with Crippen LogP contribution in [-0.2, 0) is 11.2 Å². The van der Waals surface area contributed by atoms with Gasteiger partial charge in [0.25, 0.3) is 0 Å². The van der Waals surface area contributed by atoms with Gasteiger partial charge in [-0.1, -0.05) is 36.8 Å². The van der Waals surface area contributed by atoms with Crippen molar-refractivity contribution in [1.29, 1.82) is 0 Å². The monoisotopic (exact) mass is 245 g/mol. The minimum absolute atomic E-state index is 0.0584. The van der Waals surface area contributed by atoms with Gasteiger partial charge in [0.2, 0.25) is 5.91 Å². The van der Waals surface area contributed by atoms with E-state index in [-0.39, 0.29) is 5.91 Å². The molecule has 1 aromatic rings. The molecular formula is C15H19NO2. The highest BCUT2D eigenvalue weighted by molar-refractivity contribution is 5.79. The highest BCUT2D eigenvalue weighted by Gasteiger charge is 2.44. The molecule has 1 N–H and O–H groups in total. The van der Waals surface area contributed by atoms with Gasteiger partial charge < -0.3 is 10.0 Å². The summed E-state index contributed by atoms with van der Waals surface area (Å²) in [6.45, 7) is 0.748. The van der Waals surface area contributed by atoms with Gasteiger partial charge in [-0.05, 0) is 24.3 Å². The number of likely N-dealkylation sites (tertiary alicyclic amines) is 1. The number of hydrogen-bond acceptors (Lipinski definition) is 2. The minimum Gasteiger partial charge on any atom is -0.373 e. The van der Waals surface area contributed by atoms with E-state index in [4.69, 9.17) is 0 Å². The van der Waals surface area contributed by atoms with Gasteiger partial charge in [-0.15, -0.1) is 0 Å². The van der Waals surface area contributed by atoms with Crippen molar-refractivity contribution >= 4 is 5.91 Å². The molecular weight excluding hydrogens is 226 g/mol. The highest BCUT2D eigenvalue weighted by atomic mass is 16.3. The first-order chi connectivity index (χ1) is 8.75. The second-order valence-electron chi connectivity index (χ2n) is 5.48. The summed E-state index contributed by atoms with van der Waals surface area (Å²) in [6, 6.07) is 9.75. The Kier molecular flexibility index (Phi) is 3.08. The molecule has 2 fully saturated rings. The number of aliphatic hydroxyl groups is 1. The Morgan fingerprint density at radius 1 is 1.28 bits per heavy atom. The minimum atomic E-state index is -0.547. The van der Waals surface area contributed by atoms with Crippen LogP contribution in [0.1, 0.15) is 24.8 Å². The predicted octanol–water partition coefficient (Wildman–Crippen LogP) is 1.81. The van der Waals surface area contributed by atoms with E-state index in [1.54, 1.807) is 4.90 Å². The molecule has 0 unspecified atom stereocenters. The van der Waals surface area contributed by atoms with Crippen LogP contribution in [0, 0.1) is 11.8 Å². The molecule has 1 heterocycles. The number of hydrogen-bond donors (Lipinski definition) is 1. The fourth-order valence-corrected chi connectivity index (χ4v) is 3.40. The summed E-state index contributed by atoms with van der Waals surface area (Å²) >= 11 is 0. The van der Waals surface area contributed by atoms with Gasteiger partial charge in [0, 0.05) is 12.5 Å². The largest absolute Gasteiger partial charge is 0.373 e. The Morgan fingerprint density at radius 3 is 2.78 bits per heavy atom. The zero-order valence-corrected chi connectivity index (χ0v) is 10.5. The molecule has 1 aromatic carbocycles. The molecule has 96 valence electrons. The van der Waals surface area contributed by atoms with Gasteiger partial charge in [-0.25, -0.2) is 0 Å². The number of fused-ring (bicyclic) bond motifs is 1. The predicted molar refractivity (Wildman–Crippen MR) is 68.7 cm³/mol. The van der Waals surface area contributed by atoms with Crippen molar-refractivity contribution in [3.8, 4) is 0 Å². The molecule has 1 amide bonds. The molecule has 1 aliphatic carbocycles. The van der Waals surface area contributed by atoms with E-state index in [0.29, 0.717) is 18.3 Å². The van der Waals surface area contributed by atoms with Gasteiger partial charge in [-0.2, -0.15) is 0 Å². The van der Waals surface area contributed by atoms with Gasteiger partial charge in [0.05, 0.1) is 6.42 Å². The van der Waals surface area contributed by atoms with Crippen LogP contribution >= 0.6 is 0 Å². The van der Waals surface area contributed by atoms with E-state index in [0.717, 1.165) is 24.9 Å². The Hall–Kier alpha value is -1.35. The molecule has 1 saturated heterocycles. The maximum atomic E-state index is 12.2. The first-order valence-electron chi connectivity index (χ1n) is 6.77. The maximum Gasteiger partial charge on any atom is 0.229 e. The SMILES string of the molecule is O=C(Cc1ccccc1)N1C[C@H]2CCC[C@H]2[C@@H]1O. The van der Waals surface area contributed by atoms with Crippen molar-refractivity contribution in [3.63, 3.8) is 0 Å². The summed E-state index contributed by atoms with van der Waals surface area (Å²) in [6.07, 6.45) is 3.29.